The lowest BCUT2D eigenvalue weighted by molar-refractivity contribution is -0.144. The number of fused-ring (bicyclic) bond motifs is 1. The van der Waals surface area contributed by atoms with Crippen molar-refractivity contribution in [1.29, 1.82) is 0 Å². The van der Waals surface area contributed by atoms with E-state index >= 15 is 0 Å². The molecule has 2 amide bonds. The SMILES string of the molecule is CC(C)C(NC(=O)C1CCN(C(=O)C(N)Cc2cc3ccccc3[nH]2)CC1)C(=O)O. The number of nitrogens with zero attached hydrogens (tertiary/aromatic N) is 1. The van der Waals surface area contributed by atoms with E-state index in [1.54, 1.807) is 18.7 Å². The topological polar surface area (TPSA) is 129 Å². The molecule has 0 radical (unpaired) electrons. The second-order valence-electron chi connectivity index (χ2n) is 8.36. The number of carboxylic acids is 1. The summed E-state index contributed by atoms with van der Waals surface area (Å²) in [5, 5.41) is 13.0. The third-order valence-corrected chi connectivity index (χ3v) is 5.75. The molecule has 3 rings (SSSR count). The number of carboxylic acid groups (broad SMARTS) is 1. The number of hydrogen-bond donors (Lipinski definition) is 4. The zero-order valence-corrected chi connectivity index (χ0v) is 17.4. The van der Waals surface area contributed by atoms with Crippen molar-refractivity contribution in [3.05, 3.63) is 36.0 Å². The highest BCUT2D eigenvalue weighted by Crippen LogP contribution is 2.20. The van der Waals surface area contributed by atoms with E-state index in [1.165, 1.54) is 0 Å². The highest BCUT2D eigenvalue weighted by Gasteiger charge is 2.32. The molecule has 2 atom stereocenters. The van der Waals surface area contributed by atoms with Gasteiger partial charge in [-0.3, -0.25) is 9.59 Å². The molecule has 1 saturated heterocycles. The van der Waals surface area contributed by atoms with Gasteiger partial charge in [0.25, 0.3) is 0 Å². The van der Waals surface area contributed by atoms with Gasteiger partial charge in [-0.05, 0) is 36.3 Å². The second-order valence-corrected chi connectivity index (χ2v) is 8.36. The number of nitrogens with one attached hydrogen (secondary N) is 2. The minimum absolute atomic E-state index is 0.127. The number of piperidine rings is 1. The number of benzene rings is 1. The van der Waals surface area contributed by atoms with Crippen LogP contribution in [0, 0.1) is 11.8 Å². The van der Waals surface area contributed by atoms with Crippen LogP contribution >= 0.6 is 0 Å². The molecule has 0 saturated carbocycles. The van der Waals surface area contributed by atoms with E-state index in [-0.39, 0.29) is 23.7 Å². The molecule has 1 aliphatic heterocycles. The van der Waals surface area contributed by atoms with Gasteiger partial charge in [0.15, 0.2) is 0 Å². The van der Waals surface area contributed by atoms with E-state index in [0.717, 1.165) is 16.6 Å². The molecule has 2 unspecified atom stereocenters. The van der Waals surface area contributed by atoms with Crippen LogP contribution in [0.1, 0.15) is 32.4 Å². The number of carbonyl (C=O) groups is 3. The smallest absolute Gasteiger partial charge is 0.326 e. The lowest BCUT2D eigenvalue weighted by Crippen LogP contribution is -2.51. The van der Waals surface area contributed by atoms with Crippen LogP contribution in [0.2, 0.25) is 0 Å². The molecule has 0 aliphatic carbocycles. The Kier molecular flexibility index (Phi) is 6.77. The molecule has 5 N–H and O–H groups in total. The van der Waals surface area contributed by atoms with Crippen molar-refractivity contribution in [1.82, 2.24) is 15.2 Å². The molecule has 8 heteroatoms. The van der Waals surface area contributed by atoms with Crippen molar-refractivity contribution in [2.24, 2.45) is 17.6 Å². The molecule has 30 heavy (non-hydrogen) atoms. The number of aliphatic carboxylic acids is 1. The molecule has 162 valence electrons. The third kappa shape index (κ3) is 4.99. The summed E-state index contributed by atoms with van der Waals surface area (Å²) in [6, 6.07) is 8.36. The molecule has 1 aromatic heterocycles. The molecular formula is C22H30N4O4. The van der Waals surface area contributed by atoms with Crippen molar-refractivity contribution >= 4 is 28.7 Å². The van der Waals surface area contributed by atoms with E-state index in [9.17, 15) is 19.5 Å². The highest BCUT2D eigenvalue weighted by molar-refractivity contribution is 5.86. The average molecular weight is 415 g/mol. The van der Waals surface area contributed by atoms with Gasteiger partial charge in [-0.2, -0.15) is 0 Å². The summed E-state index contributed by atoms with van der Waals surface area (Å²) in [4.78, 5) is 41.5. The fraction of sp³-hybridized carbons (Fsp3) is 0.500. The second kappa shape index (κ2) is 9.30. The minimum Gasteiger partial charge on any atom is -0.480 e. The Labute approximate surface area is 175 Å². The van der Waals surface area contributed by atoms with Crippen LogP contribution in [0.25, 0.3) is 10.9 Å². The first-order valence-electron chi connectivity index (χ1n) is 10.4. The summed E-state index contributed by atoms with van der Waals surface area (Å²) in [5.41, 5.74) is 8.10. The van der Waals surface area contributed by atoms with Crippen molar-refractivity contribution in [2.75, 3.05) is 13.1 Å². The quantitative estimate of drug-likeness (QED) is 0.546. The number of nitrogens with two attached hydrogens (primary N) is 1. The van der Waals surface area contributed by atoms with E-state index in [0.29, 0.717) is 32.4 Å². The predicted octanol–water partition coefficient (Wildman–Crippen LogP) is 1.50. The Balaban J connectivity index is 1.51. The predicted molar refractivity (Wildman–Crippen MR) is 114 cm³/mol. The fourth-order valence-corrected chi connectivity index (χ4v) is 3.95. The number of hydrogen-bond acceptors (Lipinski definition) is 4. The normalized spacial score (nSPS) is 17.1. The number of amides is 2. The lowest BCUT2D eigenvalue weighted by Gasteiger charge is -2.33. The van der Waals surface area contributed by atoms with Gasteiger partial charge in [0.05, 0.1) is 6.04 Å². The molecule has 0 spiro atoms. The van der Waals surface area contributed by atoms with Crippen LogP contribution in [-0.2, 0) is 20.8 Å². The monoisotopic (exact) mass is 414 g/mol. The molecule has 1 aromatic carbocycles. The molecule has 0 bridgehead atoms. The van der Waals surface area contributed by atoms with Gasteiger partial charge in [-0.15, -0.1) is 0 Å². The third-order valence-electron chi connectivity index (χ3n) is 5.75. The van der Waals surface area contributed by atoms with Crippen molar-refractivity contribution in [2.45, 2.75) is 45.2 Å². The molecule has 2 heterocycles. The van der Waals surface area contributed by atoms with Gasteiger partial charge < -0.3 is 26.0 Å². The van der Waals surface area contributed by atoms with Crippen LogP contribution in [0.4, 0.5) is 0 Å². The first-order chi connectivity index (χ1) is 14.3. The summed E-state index contributed by atoms with van der Waals surface area (Å²) >= 11 is 0. The first kappa shape index (κ1) is 21.8. The van der Waals surface area contributed by atoms with E-state index in [1.807, 2.05) is 30.3 Å². The Hall–Kier alpha value is -2.87. The molecule has 8 nitrogen and oxygen atoms in total. The Morgan fingerprint density at radius 3 is 2.50 bits per heavy atom. The maximum absolute atomic E-state index is 12.8. The van der Waals surface area contributed by atoms with Crippen LogP contribution in [0.3, 0.4) is 0 Å². The summed E-state index contributed by atoms with van der Waals surface area (Å²) in [6.07, 6.45) is 1.42. The number of carbonyl (C=O) groups excluding carboxylic acids is 2. The maximum atomic E-state index is 12.8. The number of para-hydroxylation sites is 1. The number of rotatable bonds is 7. The summed E-state index contributed by atoms with van der Waals surface area (Å²) in [7, 11) is 0. The average Bonchev–Trinajstić information content (AvgIpc) is 3.13. The fourth-order valence-electron chi connectivity index (χ4n) is 3.95. The van der Waals surface area contributed by atoms with Gasteiger partial charge in [0.1, 0.15) is 6.04 Å². The van der Waals surface area contributed by atoms with Gasteiger partial charge in [0.2, 0.25) is 11.8 Å². The van der Waals surface area contributed by atoms with Crippen LogP contribution in [0.15, 0.2) is 30.3 Å². The standard InChI is InChI=1S/C22H30N4O4/c1-13(2)19(22(29)30)25-20(27)14-7-9-26(10-8-14)21(28)17(23)12-16-11-15-5-3-4-6-18(15)24-16/h3-6,11,13-14,17,19,24H,7-10,12,23H2,1-2H3,(H,25,27)(H,29,30). The number of aromatic nitrogens is 1. The summed E-state index contributed by atoms with van der Waals surface area (Å²) < 4.78 is 0. The Morgan fingerprint density at radius 1 is 1.23 bits per heavy atom. The Morgan fingerprint density at radius 2 is 1.90 bits per heavy atom. The van der Waals surface area contributed by atoms with Crippen LogP contribution in [0.5, 0.6) is 0 Å². The molecule has 1 aliphatic rings. The van der Waals surface area contributed by atoms with E-state index < -0.39 is 18.1 Å². The van der Waals surface area contributed by atoms with Crippen molar-refractivity contribution in [3.8, 4) is 0 Å². The first-order valence-corrected chi connectivity index (χ1v) is 10.4. The highest BCUT2D eigenvalue weighted by atomic mass is 16.4. The Bertz CT molecular complexity index is 882. The maximum Gasteiger partial charge on any atom is 0.326 e. The summed E-state index contributed by atoms with van der Waals surface area (Å²) in [5.74, 6) is -1.91. The number of H-pyrrole nitrogens is 1. The van der Waals surface area contributed by atoms with Gasteiger partial charge in [-0.1, -0.05) is 32.0 Å². The minimum atomic E-state index is -1.03. The molecule has 1 fully saturated rings. The van der Waals surface area contributed by atoms with Gasteiger partial charge in [-0.25, -0.2) is 4.79 Å². The molecular weight excluding hydrogens is 384 g/mol. The largest absolute Gasteiger partial charge is 0.480 e. The van der Waals surface area contributed by atoms with Crippen molar-refractivity contribution < 1.29 is 19.5 Å². The van der Waals surface area contributed by atoms with Crippen LogP contribution in [-0.4, -0.2) is 57.9 Å². The molecule has 2 aromatic rings. The number of aromatic amines is 1. The van der Waals surface area contributed by atoms with Crippen LogP contribution < -0.4 is 11.1 Å². The van der Waals surface area contributed by atoms with E-state index in [4.69, 9.17) is 5.73 Å². The lowest BCUT2D eigenvalue weighted by atomic mass is 9.94. The van der Waals surface area contributed by atoms with Gasteiger partial charge >= 0.3 is 5.97 Å². The number of likely N-dealkylation sites (tertiary alicyclic amines) is 1. The summed E-state index contributed by atoms with van der Waals surface area (Å²) in [6.45, 7) is 4.40. The van der Waals surface area contributed by atoms with Gasteiger partial charge in [0, 0.05) is 36.6 Å². The zero-order valence-electron chi connectivity index (χ0n) is 17.4. The zero-order chi connectivity index (χ0) is 21.8. The van der Waals surface area contributed by atoms with Crippen molar-refractivity contribution in [3.63, 3.8) is 0 Å². The van der Waals surface area contributed by atoms with E-state index in [2.05, 4.69) is 10.3 Å².